The van der Waals surface area contributed by atoms with Crippen molar-refractivity contribution in [3.05, 3.63) is 89.5 Å². The van der Waals surface area contributed by atoms with Crippen molar-refractivity contribution in [3.8, 4) is 11.1 Å². The standard InChI is InChI=1S/C24H20NO4.3CH3.Sn/c26-23(27)22(14-16-8-2-1-3-9-16)25-24(28)29-15-21-19-12-6-4-10-17(19)18-11-5-7-13-20(18)21;;;;/h2-13,21-22H,14-15H2,(H,25,28)(H,26,27);3*1H3;/t22-;;;;/m0..../s1. The summed E-state index contributed by atoms with van der Waals surface area (Å²) in [7, 11) is 0. The van der Waals surface area contributed by atoms with Crippen molar-refractivity contribution < 1.29 is 19.4 Å². The zero-order valence-corrected chi connectivity index (χ0v) is 22.0. The molecule has 0 radical (unpaired) electrons. The summed E-state index contributed by atoms with van der Waals surface area (Å²) in [5.74, 6) is -1.15. The van der Waals surface area contributed by atoms with Crippen molar-refractivity contribution in [1.29, 1.82) is 0 Å². The van der Waals surface area contributed by atoms with Crippen LogP contribution in [-0.2, 0) is 16.0 Å². The number of carbonyl (C=O) groups is 2. The molecule has 3 aromatic carbocycles. The number of benzene rings is 3. The quantitative estimate of drug-likeness (QED) is 0.416. The molecule has 0 saturated heterocycles. The first-order valence-corrected chi connectivity index (χ1v) is 21.2. The van der Waals surface area contributed by atoms with Gasteiger partial charge in [0.25, 0.3) is 0 Å². The van der Waals surface area contributed by atoms with E-state index >= 15 is 0 Å². The summed E-state index contributed by atoms with van der Waals surface area (Å²) >= 11 is -2.16. The van der Waals surface area contributed by atoms with Crippen molar-refractivity contribution in [2.45, 2.75) is 33.2 Å². The van der Waals surface area contributed by atoms with Crippen LogP contribution in [0.4, 0.5) is 4.79 Å². The van der Waals surface area contributed by atoms with Crippen LogP contribution in [-0.4, -0.2) is 48.2 Å². The fourth-order valence-corrected chi connectivity index (χ4v) is 7.69. The number of fused-ring (bicyclic) bond motifs is 3. The molecule has 1 aliphatic rings. The Kier molecular flexibility index (Phi) is 6.79. The van der Waals surface area contributed by atoms with Crippen molar-refractivity contribution in [2.75, 3.05) is 6.61 Å². The fraction of sp³-hybridized carbons (Fsp3) is 0.259. The van der Waals surface area contributed by atoms with Crippen LogP contribution in [0.25, 0.3) is 11.1 Å². The number of carbonyl (C=O) groups excluding carboxylic acids is 1. The Morgan fingerprint density at radius 1 is 0.909 bits per heavy atom. The molecular formula is C27H29NO4Sn. The summed E-state index contributed by atoms with van der Waals surface area (Å²) in [6.45, 7) is 0.152. The zero-order chi connectivity index (χ0) is 23.6. The van der Waals surface area contributed by atoms with Gasteiger partial charge in [-0.2, -0.15) is 0 Å². The van der Waals surface area contributed by atoms with E-state index < -0.39 is 36.5 Å². The van der Waals surface area contributed by atoms with Crippen molar-refractivity contribution >= 4 is 34.0 Å². The van der Waals surface area contributed by atoms with Crippen LogP contribution in [0.2, 0.25) is 14.8 Å². The zero-order valence-electron chi connectivity index (χ0n) is 19.2. The second kappa shape index (κ2) is 9.59. The number of hydrogen-bond donors (Lipinski definition) is 2. The van der Waals surface area contributed by atoms with E-state index in [0.717, 1.165) is 27.8 Å². The number of rotatable bonds is 7. The predicted octanol–water partition coefficient (Wildman–Crippen LogP) is 4.77. The maximum absolute atomic E-state index is 12.5. The van der Waals surface area contributed by atoms with Crippen LogP contribution in [0.5, 0.6) is 0 Å². The Labute approximate surface area is 198 Å². The van der Waals surface area contributed by atoms with E-state index in [2.05, 4.69) is 44.4 Å². The monoisotopic (exact) mass is 551 g/mol. The number of carboxylic acid groups (broad SMARTS) is 1. The Morgan fingerprint density at radius 3 is 1.97 bits per heavy atom. The van der Waals surface area contributed by atoms with Gasteiger partial charge in [-0.1, -0.05) is 48.5 Å². The van der Waals surface area contributed by atoms with Crippen LogP contribution in [0.1, 0.15) is 22.6 Å². The third-order valence-corrected chi connectivity index (χ3v) is 12.1. The number of carboxylic acids is 1. The van der Waals surface area contributed by atoms with Crippen LogP contribution >= 0.6 is 0 Å². The molecule has 0 unspecified atom stereocenters. The first-order chi connectivity index (χ1) is 15.7. The Morgan fingerprint density at radius 2 is 1.45 bits per heavy atom. The second-order valence-corrected chi connectivity index (χ2v) is 24.0. The summed E-state index contributed by atoms with van der Waals surface area (Å²) in [4.78, 5) is 31.3. The molecule has 6 heteroatoms. The summed E-state index contributed by atoms with van der Waals surface area (Å²) in [6, 6.07) is 23.3. The van der Waals surface area contributed by atoms with Crippen molar-refractivity contribution in [3.63, 3.8) is 0 Å². The van der Waals surface area contributed by atoms with Gasteiger partial charge in [-0.15, -0.1) is 0 Å². The van der Waals surface area contributed by atoms with Crippen molar-refractivity contribution in [2.24, 2.45) is 0 Å². The van der Waals surface area contributed by atoms with Crippen LogP contribution in [0.3, 0.4) is 0 Å². The number of amides is 1. The number of ether oxygens (including phenoxy) is 1. The average molecular weight is 550 g/mol. The minimum absolute atomic E-state index is 0.0670. The molecule has 0 aliphatic heterocycles. The number of nitrogens with one attached hydrogen (secondary N) is 1. The van der Waals surface area contributed by atoms with E-state index in [1.165, 1.54) is 3.58 Å². The number of alkyl carbamates (subject to hydrolysis) is 1. The summed E-state index contributed by atoms with van der Waals surface area (Å²) < 4.78 is 6.90. The molecule has 0 saturated carbocycles. The van der Waals surface area contributed by atoms with E-state index in [9.17, 15) is 14.7 Å². The van der Waals surface area contributed by atoms with Gasteiger partial charge in [0.2, 0.25) is 0 Å². The van der Waals surface area contributed by atoms with Crippen LogP contribution < -0.4 is 8.90 Å². The third kappa shape index (κ3) is 5.24. The second-order valence-electron chi connectivity index (χ2n) is 9.51. The molecule has 2 N–H and O–H groups in total. The molecule has 1 aliphatic carbocycles. The van der Waals surface area contributed by atoms with E-state index in [1.54, 1.807) is 0 Å². The Balaban J connectivity index is 1.41. The van der Waals surface area contributed by atoms with Crippen LogP contribution in [0.15, 0.2) is 72.8 Å². The topological polar surface area (TPSA) is 75.6 Å². The van der Waals surface area contributed by atoms with E-state index in [1.807, 2.05) is 48.5 Å². The Hall–Kier alpha value is -2.80. The molecule has 1 amide bonds. The van der Waals surface area contributed by atoms with Gasteiger partial charge in [0.1, 0.15) is 0 Å². The molecule has 0 spiro atoms. The van der Waals surface area contributed by atoms with Gasteiger partial charge in [-0.25, -0.2) is 0 Å². The number of aliphatic carboxylic acids is 1. The molecular weight excluding hydrogens is 521 g/mol. The van der Waals surface area contributed by atoms with E-state index in [4.69, 9.17) is 4.74 Å². The van der Waals surface area contributed by atoms with Gasteiger partial charge in [-0.3, -0.25) is 0 Å². The molecule has 4 rings (SSSR count). The van der Waals surface area contributed by atoms with Gasteiger partial charge in [0, 0.05) is 0 Å². The third-order valence-electron chi connectivity index (χ3n) is 6.19. The summed E-state index contributed by atoms with van der Waals surface area (Å²) in [5.41, 5.74) is 5.40. The van der Waals surface area contributed by atoms with Crippen LogP contribution in [0, 0.1) is 0 Å². The molecule has 1 atom stereocenters. The minimum atomic E-state index is -2.16. The number of hydrogen-bond acceptors (Lipinski definition) is 3. The van der Waals surface area contributed by atoms with Gasteiger partial charge in [0.05, 0.1) is 0 Å². The summed E-state index contributed by atoms with van der Waals surface area (Å²) in [6.07, 6.45) is -0.508. The van der Waals surface area contributed by atoms with Gasteiger partial charge >= 0.3 is 140 Å². The summed E-state index contributed by atoms with van der Waals surface area (Å²) in [5, 5.41) is 12.2. The maximum atomic E-state index is 12.5. The molecule has 33 heavy (non-hydrogen) atoms. The van der Waals surface area contributed by atoms with Gasteiger partial charge < -0.3 is 0 Å². The SMILES string of the molecule is [CH3][Sn]([CH3])([CH3])[c]1ccc(C[C@H](NC(=O)OCC2c3ccccc3-c3ccccc32)C(=O)O)cc1. The van der Waals surface area contributed by atoms with E-state index in [0.29, 0.717) is 0 Å². The molecule has 3 aromatic rings. The van der Waals surface area contributed by atoms with Gasteiger partial charge in [-0.05, 0) is 11.1 Å². The molecule has 5 nitrogen and oxygen atoms in total. The molecule has 0 heterocycles. The Bertz CT molecular complexity index is 1120. The molecule has 0 aromatic heterocycles. The molecule has 170 valence electrons. The molecule has 0 fully saturated rings. The fourth-order valence-electron chi connectivity index (χ4n) is 4.36. The molecule has 0 bridgehead atoms. The first-order valence-electron chi connectivity index (χ1n) is 11.2. The van der Waals surface area contributed by atoms with E-state index in [-0.39, 0.29) is 18.9 Å². The predicted molar refractivity (Wildman–Crippen MR) is 133 cm³/mol. The first kappa shape index (κ1) is 23.4. The van der Waals surface area contributed by atoms with Crippen molar-refractivity contribution in [1.82, 2.24) is 5.32 Å². The normalized spacial score (nSPS) is 13.7. The van der Waals surface area contributed by atoms with Gasteiger partial charge in [0.15, 0.2) is 0 Å². The average Bonchev–Trinajstić information content (AvgIpc) is 3.11.